The minimum atomic E-state index is 0.896. The number of hydrogen-bond donors (Lipinski definition) is 1. The number of anilines is 1. The molecule has 0 bridgehead atoms. The van der Waals surface area contributed by atoms with Crippen LogP contribution in [-0.2, 0) is 13.0 Å². The summed E-state index contributed by atoms with van der Waals surface area (Å²) in [6.07, 6.45) is 1.12. The number of thiophene rings is 1. The first-order valence-corrected chi connectivity index (χ1v) is 7.37. The highest BCUT2D eigenvalue weighted by Gasteiger charge is 2.02. The summed E-state index contributed by atoms with van der Waals surface area (Å²) in [6.45, 7) is 5.20. The number of hydrogen-bond acceptors (Lipinski definition) is 2. The Morgan fingerprint density at radius 3 is 2.65 bits per heavy atom. The minimum absolute atomic E-state index is 0.896. The number of nitrogens with one attached hydrogen (secondary N) is 1. The SMILES string of the molecule is CCc1ccc(CNc2cc(C)ccc2Br)s1. The molecule has 1 aromatic carbocycles. The summed E-state index contributed by atoms with van der Waals surface area (Å²) in [7, 11) is 0. The average molecular weight is 310 g/mol. The van der Waals surface area contributed by atoms with Crippen molar-refractivity contribution in [3.05, 3.63) is 50.1 Å². The molecule has 0 fully saturated rings. The molecule has 0 aliphatic rings. The Bertz CT molecular complexity index is 505. The average Bonchev–Trinajstić information content (AvgIpc) is 2.78. The third-order valence-electron chi connectivity index (χ3n) is 2.64. The zero-order valence-corrected chi connectivity index (χ0v) is 12.5. The van der Waals surface area contributed by atoms with Crippen LogP contribution in [0.4, 0.5) is 5.69 Å². The van der Waals surface area contributed by atoms with Crippen LogP contribution in [0.5, 0.6) is 0 Å². The van der Waals surface area contributed by atoms with Crippen molar-refractivity contribution in [3.8, 4) is 0 Å². The fourth-order valence-electron chi connectivity index (χ4n) is 1.66. The van der Waals surface area contributed by atoms with E-state index >= 15 is 0 Å². The Kier molecular flexibility index (Phi) is 4.24. The molecule has 2 rings (SSSR count). The van der Waals surface area contributed by atoms with Gasteiger partial charge in [-0.2, -0.15) is 0 Å². The summed E-state index contributed by atoms with van der Waals surface area (Å²) in [5, 5.41) is 3.47. The molecule has 1 heterocycles. The molecule has 1 nitrogen and oxygen atoms in total. The van der Waals surface area contributed by atoms with E-state index in [0.717, 1.165) is 23.1 Å². The van der Waals surface area contributed by atoms with Gasteiger partial charge in [-0.15, -0.1) is 11.3 Å². The van der Waals surface area contributed by atoms with Crippen molar-refractivity contribution in [2.45, 2.75) is 26.8 Å². The summed E-state index contributed by atoms with van der Waals surface area (Å²) < 4.78 is 1.12. The van der Waals surface area contributed by atoms with E-state index in [1.165, 1.54) is 15.3 Å². The summed E-state index contributed by atoms with van der Waals surface area (Å²) in [6, 6.07) is 10.8. The fraction of sp³-hybridized carbons (Fsp3) is 0.286. The van der Waals surface area contributed by atoms with Crippen LogP contribution in [-0.4, -0.2) is 0 Å². The lowest BCUT2D eigenvalue weighted by atomic mass is 10.2. The Morgan fingerprint density at radius 1 is 1.18 bits per heavy atom. The molecule has 0 aliphatic heterocycles. The van der Waals surface area contributed by atoms with Crippen LogP contribution in [0.15, 0.2) is 34.8 Å². The number of benzene rings is 1. The van der Waals surface area contributed by atoms with Gasteiger partial charge in [0.1, 0.15) is 0 Å². The monoisotopic (exact) mass is 309 g/mol. The van der Waals surface area contributed by atoms with E-state index in [0.29, 0.717) is 0 Å². The molecule has 0 spiro atoms. The lowest BCUT2D eigenvalue weighted by Gasteiger charge is -2.08. The molecular formula is C14H16BrNS. The lowest BCUT2D eigenvalue weighted by molar-refractivity contribution is 1.18. The van der Waals surface area contributed by atoms with E-state index in [2.05, 4.69) is 65.4 Å². The van der Waals surface area contributed by atoms with Gasteiger partial charge < -0.3 is 5.32 Å². The minimum Gasteiger partial charge on any atom is -0.379 e. The molecule has 3 heteroatoms. The van der Waals surface area contributed by atoms with E-state index in [4.69, 9.17) is 0 Å². The molecule has 0 saturated heterocycles. The lowest BCUT2D eigenvalue weighted by Crippen LogP contribution is -1.98. The number of halogens is 1. The first-order chi connectivity index (χ1) is 8.19. The molecule has 0 amide bonds. The molecule has 90 valence electrons. The summed E-state index contributed by atoms with van der Waals surface area (Å²) in [5.74, 6) is 0. The van der Waals surface area contributed by atoms with Gasteiger partial charge in [-0.1, -0.05) is 13.0 Å². The van der Waals surface area contributed by atoms with Crippen molar-refractivity contribution < 1.29 is 0 Å². The van der Waals surface area contributed by atoms with Gasteiger partial charge in [-0.25, -0.2) is 0 Å². The van der Waals surface area contributed by atoms with E-state index in [1.807, 2.05) is 11.3 Å². The summed E-state index contributed by atoms with van der Waals surface area (Å²) in [4.78, 5) is 2.83. The van der Waals surface area contributed by atoms with E-state index < -0.39 is 0 Å². The standard InChI is InChI=1S/C14H16BrNS/c1-3-11-5-6-12(17-11)9-16-14-8-10(2)4-7-13(14)15/h4-8,16H,3,9H2,1-2H3. The Morgan fingerprint density at radius 2 is 1.94 bits per heavy atom. The predicted molar refractivity (Wildman–Crippen MR) is 79.9 cm³/mol. The van der Waals surface area contributed by atoms with Gasteiger partial charge in [-0.3, -0.25) is 0 Å². The van der Waals surface area contributed by atoms with Gasteiger partial charge >= 0.3 is 0 Å². The smallest absolute Gasteiger partial charge is 0.0494 e. The maximum absolute atomic E-state index is 3.56. The van der Waals surface area contributed by atoms with Crippen LogP contribution >= 0.6 is 27.3 Å². The normalized spacial score (nSPS) is 10.5. The third-order valence-corrected chi connectivity index (χ3v) is 4.56. The van der Waals surface area contributed by atoms with Crippen molar-refractivity contribution in [2.75, 3.05) is 5.32 Å². The highest BCUT2D eigenvalue weighted by molar-refractivity contribution is 9.10. The van der Waals surface area contributed by atoms with Crippen molar-refractivity contribution in [2.24, 2.45) is 0 Å². The molecule has 0 saturated carbocycles. The van der Waals surface area contributed by atoms with Crippen LogP contribution in [0, 0.1) is 6.92 Å². The van der Waals surface area contributed by atoms with Crippen molar-refractivity contribution in [3.63, 3.8) is 0 Å². The van der Waals surface area contributed by atoms with Crippen LogP contribution in [0.2, 0.25) is 0 Å². The number of rotatable bonds is 4. The van der Waals surface area contributed by atoms with Gasteiger partial charge in [0, 0.05) is 26.5 Å². The Balaban J connectivity index is 2.04. The van der Waals surface area contributed by atoms with Crippen LogP contribution < -0.4 is 5.32 Å². The van der Waals surface area contributed by atoms with Crippen molar-refractivity contribution in [1.82, 2.24) is 0 Å². The largest absolute Gasteiger partial charge is 0.379 e. The van der Waals surface area contributed by atoms with Gasteiger partial charge in [0.05, 0.1) is 0 Å². The topological polar surface area (TPSA) is 12.0 Å². The third kappa shape index (κ3) is 3.33. The molecule has 0 atom stereocenters. The summed E-state index contributed by atoms with van der Waals surface area (Å²) >= 11 is 5.45. The number of aryl methyl sites for hydroxylation is 2. The maximum Gasteiger partial charge on any atom is 0.0494 e. The van der Waals surface area contributed by atoms with Gasteiger partial charge in [0.15, 0.2) is 0 Å². The van der Waals surface area contributed by atoms with E-state index in [1.54, 1.807) is 0 Å². The second kappa shape index (κ2) is 5.69. The van der Waals surface area contributed by atoms with Crippen LogP contribution in [0.1, 0.15) is 22.2 Å². The molecule has 0 aliphatic carbocycles. The van der Waals surface area contributed by atoms with E-state index in [-0.39, 0.29) is 0 Å². The Hall–Kier alpha value is -0.800. The second-order valence-electron chi connectivity index (χ2n) is 4.06. The molecule has 2 aromatic rings. The maximum atomic E-state index is 3.56. The highest BCUT2D eigenvalue weighted by Crippen LogP contribution is 2.25. The van der Waals surface area contributed by atoms with Crippen molar-refractivity contribution >= 4 is 33.0 Å². The zero-order valence-electron chi connectivity index (χ0n) is 10.1. The first kappa shape index (κ1) is 12.7. The predicted octanol–water partition coefficient (Wildman–Crippen LogP) is 4.99. The molecule has 1 N–H and O–H groups in total. The summed E-state index contributed by atoms with van der Waals surface area (Å²) in [5.41, 5.74) is 2.44. The molecule has 17 heavy (non-hydrogen) atoms. The first-order valence-electron chi connectivity index (χ1n) is 5.76. The highest BCUT2D eigenvalue weighted by atomic mass is 79.9. The quantitative estimate of drug-likeness (QED) is 0.838. The molecule has 0 radical (unpaired) electrons. The molecular weight excluding hydrogens is 294 g/mol. The second-order valence-corrected chi connectivity index (χ2v) is 6.17. The zero-order chi connectivity index (χ0) is 12.3. The van der Waals surface area contributed by atoms with Crippen molar-refractivity contribution in [1.29, 1.82) is 0 Å². The van der Waals surface area contributed by atoms with Gasteiger partial charge in [0.2, 0.25) is 0 Å². The fourth-order valence-corrected chi connectivity index (χ4v) is 2.95. The van der Waals surface area contributed by atoms with Crippen LogP contribution in [0.25, 0.3) is 0 Å². The van der Waals surface area contributed by atoms with Gasteiger partial charge in [-0.05, 0) is 59.1 Å². The van der Waals surface area contributed by atoms with Crippen LogP contribution in [0.3, 0.4) is 0 Å². The molecule has 0 unspecified atom stereocenters. The molecule has 1 aromatic heterocycles. The Labute approximate surface area is 115 Å². The van der Waals surface area contributed by atoms with Gasteiger partial charge in [0.25, 0.3) is 0 Å². The van der Waals surface area contributed by atoms with E-state index in [9.17, 15) is 0 Å².